The van der Waals surface area contributed by atoms with Gasteiger partial charge in [-0.05, 0) is 48.6 Å². The van der Waals surface area contributed by atoms with Crippen LogP contribution in [-0.2, 0) is 11.4 Å². The van der Waals surface area contributed by atoms with E-state index in [0.29, 0.717) is 12.5 Å². The molecule has 1 atom stereocenters. The summed E-state index contributed by atoms with van der Waals surface area (Å²) in [5.41, 5.74) is 2.97. The molecule has 4 nitrogen and oxygen atoms in total. The van der Waals surface area contributed by atoms with E-state index in [1.54, 1.807) is 17.4 Å². The predicted octanol–water partition coefficient (Wildman–Crippen LogP) is 5.95. The van der Waals surface area contributed by atoms with E-state index in [2.05, 4.69) is 36.3 Å². The van der Waals surface area contributed by atoms with Crippen LogP contribution in [0.25, 0.3) is 6.08 Å². The maximum absolute atomic E-state index is 12.5. The standard InChI is InChI=1S/C25H28N2O2S/c1-18(2)14-24(21-9-5-4-6-10-21)27-25(28)13-12-20-8-7-11-23(15-20)29-16-22-17-30-19(3)26-22/h4-13,15,17-18,24H,14,16H2,1-3H3,(H,27,28)/b13-12+. The molecule has 0 saturated heterocycles. The Bertz CT molecular complexity index is 980. The molecule has 0 aliphatic heterocycles. The zero-order chi connectivity index (χ0) is 21.3. The second-order valence-corrected chi connectivity index (χ2v) is 8.72. The van der Waals surface area contributed by atoms with E-state index in [1.807, 2.05) is 60.8 Å². The van der Waals surface area contributed by atoms with Gasteiger partial charge in [0, 0.05) is 11.5 Å². The predicted molar refractivity (Wildman–Crippen MR) is 123 cm³/mol. The molecular formula is C25H28N2O2S. The van der Waals surface area contributed by atoms with Crippen LogP contribution in [0.3, 0.4) is 0 Å². The van der Waals surface area contributed by atoms with E-state index >= 15 is 0 Å². The number of hydrogen-bond donors (Lipinski definition) is 1. The largest absolute Gasteiger partial charge is 0.487 e. The van der Waals surface area contributed by atoms with Gasteiger partial charge in [-0.15, -0.1) is 11.3 Å². The van der Waals surface area contributed by atoms with Gasteiger partial charge in [-0.2, -0.15) is 0 Å². The van der Waals surface area contributed by atoms with Crippen LogP contribution in [-0.4, -0.2) is 10.9 Å². The van der Waals surface area contributed by atoms with Gasteiger partial charge in [-0.1, -0.05) is 56.3 Å². The van der Waals surface area contributed by atoms with Gasteiger partial charge in [0.2, 0.25) is 5.91 Å². The molecule has 0 radical (unpaired) electrons. The van der Waals surface area contributed by atoms with Gasteiger partial charge in [0.25, 0.3) is 0 Å². The zero-order valence-corrected chi connectivity index (χ0v) is 18.5. The summed E-state index contributed by atoms with van der Waals surface area (Å²) in [5.74, 6) is 1.13. The first-order chi connectivity index (χ1) is 14.5. The van der Waals surface area contributed by atoms with Crippen molar-refractivity contribution >= 4 is 23.3 Å². The number of carbonyl (C=O) groups excluding carboxylic acids is 1. The number of carbonyl (C=O) groups is 1. The summed E-state index contributed by atoms with van der Waals surface area (Å²) >= 11 is 1.61. The van der Waals surface area contributed by atoms with E-state index in [1.165, 1.54) is 0 Å². The van der Waals surface area contributed by atoms with Gasteiger partial charge in [-0.3, -0.25) is 4.79 Å². The van der Waals surface area contributed by atoms with Crippen LogP contribution in [0.2, 0.25) is 0 Å². The maximum atomic E-state index is 12.5. The van der Waals surface area contributed by atoms with E-state index in [9.17, 15) is 4.79 Å². The van der Waals surface area contributed by atoms with Crippen molar-refractivity contribution in [2.75, 3.05) is 0 Å². The molecular weight excluding hydrogens is 392 g/mol. The van der Waals surface area contributed by atoms with Gasteiger partial charge in [0.05, 0.1) is 16.7 Å². The lowest BCUT2D eigenvalue weighted by atomic mass is 9.97. The third kappa shape index (κ3) is 6.85. The lowest BCUT2D eigenvalue weighted by Crippen LogP contribution is -2.27. The summed E-state index contributed by atoms with van der Waals surface area (Å²) in [6.07, 6.45) is 4.29. The molecule has 0 saturated carbocycles. The number of rotatable bonds is 9. The minimum Gasteiger partial charge on any atom is -0.487 e. The van der Waals surface area contributed by atoms with Crippen LogP contribution in [0.4, 0.5) is 0 Å². The maximum Gasteiger partial charge on any atom is 0.244 e. The third-order valence-electron chi connectivity index (χ3n) is 4.56. The Morgan fingerprint density at radius 1 is 1.17 bits per heavy atom. The molecule has 3 rings (SSSR count). The average Bonchev–Trinajstić information content (AvgIpc) is 3.16. The van der Waals surface area contributed by atoms with Gasteiger partial charge < -0.3 is 10.1 Å². The molecule has 30 heavy (non-hydrogen) atoms. The Labute approximate surface area is 182 Å². The first kappa shape index (κ1) is 21.8. The number of ether oxygens (including phenoxy) is 1. The van der Waals surface area contributed by atoms with Crippen molar-refractivity contribution < 1.29 is 9.53 Å². The van der Waals surface area contributed by atoms with E-state index in [4.69, 9.17) is 4.74 Å². The lowest BCUT2D eigenvalue weighted by molar-refractivity contribution is -0.117. The van der Waals surface area contributed by atoms with Gasteiger partial charge in [0.1, 0.15) is 12.4 Å². The normalized spacial score (nSPS) is 12.3. The lowest BCUT2D eigenvalue weighted by Gasteiger charge is -2.20. The van der Waals surface area contributed by atoms with Crippen LogP contribution in [0, 0.1) is 12.8 Å². The third-order valence-corrected chi connectivity index (χ3v) is 5.39. The summed E-state index contributed by atoms with van der Waals surface area (Å²) < 4.78 is 5.83. The Morgan fingerprint density at radius 2 is 1.97 bits per heavy atom. The van der Waals surface area contributed by atoms with Crippen molar-refractivity contribution in [2.24, 2.45) is 5.92 Å². The topological polar surface area (TPSA) is 51.2 Å². The molecule has 1 unspecified atom stereocenters. The fourth-order valence-corrected chi connectivity index (χ4v) is 3.76. The summed E-state index contributed by atoms with van der Waals surface area (Å²) in [5, 5.41) is 6.17. The minimum absolute atomic E-state index is 0.000384. The number of aromatic nitrogens is 1. The second kappa shape index (κ2) is 10.7. The molecule has 0 fully saturated rings. The second-order valence-electron chi connectivity index (χ2n) is 7.65. The van der Waals surface area contributed by atoms with Crippen LogP contribution in [0.15, 0.2) is 66.1 Å². The minimum atomic E-state index is -0.103. The van der Waals surface area contributed by atoms with Gasteiger partial charge in [0.15, 0.2) is 0 Å². The number of benzene rings is 2. The molecule has 1 N–H and O–H groups in total. The van der Waals surface area contributed by atoms with E-state index in [-0.39, 0.29) is 11.9 Å². The van der Waals surface area contributed by atoms with Gasteiger partial charge >= 0.3 is 0 Å². The SMILES string of the molecule is Cc1nc(COc2cccc(/C=C/C(=O)NC(CC(C)C)c3ccccc3)c2)cs1. The van der Waals surface area contributed by atoms with Crippen LogP contribution < -0.4 is 10.1 Å². The molecule has 5 heteroatoms. The van der Waals surface area contributed by atoms with Crippen LogP contribution >= 0.6 is 11.3 Å². The molecule has 0 bridgehead atoms. The average molecular weight is 421 g/mol. The fourth-order valence-electron chi connectivity index (χ4n) is 3.17. The Kier molecular flexibility index (Phi) is 7.80. The highest BCUT2D eigenvalue weighted by Gasteiger charge is 2.14. The number of nitrogens with one attached hydrogen (secondary N) is 1. The van der Waals surface area contributed by atoms with Gasteiger partial charge in [-0.25, -0.2) is 4.98 Å². The summed E-state index contributed by atoms with van der Waals surface area (Å²) in [4.78, 5) is 17.0. The molecule has 0 spiro atoms. The Morgan fingerprint density at radius 3 is 2.67 bits per heavy atom. The number of hydrogen-bond acceptors (Lipinski definition) is 4. The number of amides is 1. The highest BCUT2D eigenvalue weighted by molar-refractivity contribution is 7.09. The van der Waals surface area contributed by atoms with Crippen molar-refractivity contribution in [3.63, 3.8) is 0 Å². The van der Waals surface area contributed by atoms with E-state index < -0.39 is 0 Å². The summed E-state index contributed by atoms with van der Waals surface area (Å²) in [6.45, 7) is 6.74. The van der Waals surface area contributed by atoms with Crippen molar-refractivity contribution in [3.8, 4) is 5.75 Å². The van der Waals surface area contributed by atoms with E-state index in [0.717, 1.165) is 34.0 Å². The number of aryl methyl sites for hydroxylation is 1. The molecule has 1 aromatic heterocycles. The molecule has 1 amide bonds. The molecule has 3 aromatic rings. The molecule has 2 aromatic carbocycles. The van der Waals surface area contributed by atoms with Crippen LogP contribution in [0.1, 0.15) is 48.1 Å². The molecule has 0 aliphatic carbocycles. The highest BCUT2D eigenvalue weighted by Crippen LogP contribution is 2.21. The fraction of sp³-hybridized carbons (Fsp3) is 0.280. The number of nitrogens with zero attached hydrogens (tertiary/aromatic N) is 1. The first-order valence-electron chi connectivity index (χ1n) is 10.2. The Hall–Kier alpha value is -2.92. The molecule has 1 heterocycles. The monoisotopic (exact) mass is 420 g/mol. The van der Waals surface area contributed by atoms with Crippen molar-refractivity contribution in [1.29, 1.82) is 0 Å². The highest BCUT2D eigenvalue weighted by atomic mass is 32.1. The van der Waals surface area contributed by atoms with Crippen molar-refractivity contribution in [1.82, 2.24) is 10.3 Å². The molecule has 0 aliphatic rings. The number of thiazole rings is 1. The van der Waals surface area contributed by atoms with Crippen molar-refractivity contribution in [2.45, 2.75) is 39.8 Å². The van der Waals surface area contributed by atoms with Crippen LogP contribution in [0.5, 0.6) is 5.75 Å². The summed E-state index contributed by atoms with van der Waals surface area (Å²) in [7, 11) is 0. The molecule has 156 valence electrons. The Balaban J connectivity index is 1.60. The quantitative estimate of drug-likeness (QED) is 0.435. The zero-order valence-electron chi connectivity index (χ0n) is 17.7. The first-order valence-corrected chi connectivity index (χ1v) is 11.0. The van der Waals surface area contributed by atoms with Crippen molar-refractivity contribution in [3.05, 3.63) is 87.9 Å². The smallest absolute Gasteiger partial charge is 0.244 e. The summed E-state index contributed by atoms with van der Waals surface area (Å²) in [6, 6.07) is 17.8.